The van der Waals surface area contributed by atoms with E-state index in [0.717, 1.165) is 23.3 Å². The van der Waals surface area contributed by atoms with E-state index in [-0.39, 0.29) is 11.8 Å². The number of nitrogens with one attached hydrogen (secondary N) is 1. The highest BCUT2D eigenvalue weighted by atomic mass is 16.5. The fraction of sp³-hybridized carbons (Fsp3) is 0.333. The Labute approximate surface area is 170 Å². The van der Waals surface area contributed by atoms with Crippen molar-refractivity contribution in [3.05, 3.63) is 76.5 Å². The summed E-state index contributed by atoms with van der Waals surface area (Å²) in [4.78, 5) is 27.0. The molecule has 0 bridgehead atoms. The number of carbonyl (C=O) groups excluding carboxylic acids is 2. The van der Waals surface area contributed by atoms with Crippen molar-refractivity contribution < 1.29 is 14.3 Å². The lowest BCUT2D eigenvalue weighted by Gasteiger charge is -2.31. The van der Waals surface area contributed by atoms with Crippen molar-refractivity contribution >= 4 is 11.8 Å². The molecule has 1 fully saturated rings. The van der Waals surface area contributed by atoms with E-state index in [2.05, 4.69) is 30.1 Å². The van der Waals surface area contributed by atoms with Crippen LogP contribution >= 0.6 is 0 Å². The number of benzene rings is 2. The van der Waals surface area contributed by atoms with Gasteiger partial charge in [-0.15, -0.1) is 0 Å². The summed E-state index contributed by atoms with van der Waals surface area (Å²) < 4.78 is 6.13. The Kier molecular flexibility index (Phi) is 4.38. The lowest BCUT2D eigenvalue weighted by atomic mass is 10.0. The molecule has 0 spiro atoms. The number of amides is 2. The Morgan fingerprint density at radius 3 is 2.83 bits per heavy atom. The van der Waals surface area contributed by atoms with Gasteiger partial charge in [-0.25, -0.2) is 0 Å². The summed E-state index contributed by atoms with van der Waals surface area (Å²) in [6.45, 7) is 4.69. The molecule has 1 atom stereocenters. The largest absolute Gasteiger partial charge is 0.489 e. The van der Waals surface area contributed by atoms with Crippen molar-refractivity contribution in [2.45, 2.75) is 51.3 Å². The van der Waals surface area contributed by atoms with Crippen molar-refractivity contribution in [2.24, 2.45) is 0 Å². The van der Waals surface area contributed by atoms with Crippen LogP contribution in [0.15, 0.2) is 48.7 Å². The molecule has 2 heterocycles. The number of fused-ring (bicyclic) bond motifs is 2. The van der Waals surface area contributed by atoms with Crippen molar-refractivity contribution in [3.63, 3.8) is 0 Å². The third-order valence-corrected chi connectivity index (χ3v) is 6.21. The second-order valence-corrected chi connectivity index (χ2v) is 8.11. The SMILES string of the molecule is C=C1CCC(N2Cc3c(OCc4ccc5c(c4)CCC5)cccc3C2=O)C(=O)N1. The molecule has 2 amide bonds. The highest BCUT2D eigenvalue weighted by molar-refractivity contribution is 6.02. The van der Waals surface area contributed by atoms with Crippen LogP contribution in [0.5, 0.6) is 5.75 Å². The molecule has 5 rings (SSSR count). The number of carbonyl (C=O) groups is 2. The molecule has 2 aliphatic heterocycles. The maximum absolute atomic E-state index is 12.9. The molecule has 0 saturated carbocycles. The third kappa shape index (κ3) is 3.20. The standard InChI is InChI=1S/C24H24N2O3/c1-15-8-11-21(23(27)25-15)26-13-20-19(24(26)28)6-3-7-22(20)29-14-16-9-10-17-4-2-5-18(17)12-16/h3,6-7,9-10,12,21H,1-2,4-5,8,11,13-14H2,(H,25,27). The topological polar surface area (TPSA) is 58.6 Å². The van der Waals surface area contributed by atoms with Crippen LogP contribution in [0.3, 0.4) is 0 Å². The average molecular weight is 388 g/mol. The van der Waals surface area contributed by atoms with E-state index in [4.69, 9.17) is 4.74 Å². The predicted molar refractivity (Wildman–Crippen MR) is 109 cm³/mol. The molecule has 5 heteroatoms. The summed E-state index contributed by atoms with van der Waals surface area (Å²) >= 11 is 0. The highest BCUT2D eigenvalue weighted by Crippen LogP contribution is 2.34. The first-order chi connectivity index (χ1) is 14.1. The molecule has 1 unspecified atom stereocenters. The quantitative estimate of drug-likeness (QED) is 0.872. The molecule has 3 aliphatic rings. The molecule has 2 aromatic carbocycles. The summed E-state index contributed by atoms with van der Waals surface area (Å²) in [5.74, 6) is 0.470. The number of nitrogens with zero attached hydrogens (tertiary/aromatic N) is 1. The zero-order chi connectivity index (χ0) is 20.0. The van der Waals surface area contributed by atoms with Crippen LogP contribution in [0.1, 0.15) is 51.9 Å². The van der Waals surface area contributed by atoms with Crippen LogP contribution in [0.4, 0.5) is 0 Å². The van der Waals surface area contributed by atoms with Crippen LogP contribution in [-0.2, 0) is 30.8 Å². The van der Waals surface area contributed by atoms with Gasteiger partial charge >= 0.3 is 0 Å². The Morgan fingerprint density at radius 2 is 1.97 bits per heavy atom. The van der Waals surface area contributed by atoms with Gasteiger partial charge in [-0.05, 0) is 60.9 Å². The number of ether oxygens (including phenoxy) is 1. The molecule has 0 radical (unpaired) electrons. The normalized spacial score (nSPS) is 20.5. The van der Waals surface area contributed by atoms with Crippen LogP contribution in [0, 0.1) is 0 Å². The first-order valence-electron chi connectivity index (χ1n) is 10.2. The number of hydrogen-bond acceptors (Lipinski definition) is 3. The first kappa shape index (κ1) is 18.0. The van der Waals surface area contributed by atoms with Gasteiger partial charge in [-0.1, -0.05) is 30.8 Å². The van der Waals surface area contributed by atoms with Gasteiger partial charge in [0.1, 0.15) is 18.4 Å². The number of piperidine rings is 1. The van der Waals surface area contributed by atoms with Crippen molar-refractivity contribution in [1.82, 2.24) is 10.2 Å². The van der Waals surface area contributed by atoms with E-state index < -0.39 is 6.04 Å². The molecule has 0 aromatic heterocycles. The highest BCUT2D eigenvalue weighted by Gasteiger charge is 2.39. The predicted octanol–water partition coefficient (Wildman–Crippen LogP) is 3.50. The van der Waals surface area contributed by atoms with Crippen LogP contribution in [-0.4, -0.2) is 22.8 Å². The smallest absolute Gasteiger partial charge is 0.255 e. The number of hydrogen-bond donors (Lipinski definition) is 1. The second-order valence-electron chi connectivity index (χ2n) is 8.11. The van der Waals surface area contributed by atoms with Gasteiger partial charge < -0.3 is 15.0 Å². The van der Waals surface area contributed by atoms with E-state index in [9.17, 15) is 9.59 Å². The average Bonchev–Trinajstić information content (AvgIpc) is 3.31. The molecule has 5 nitrogen and oxygen atoms in total. The van der Waals surface area contributed by atoms with Crippen molar-refractivity contribution in [2.75, 3.05) is 0 Å². The van der Waals surface area contributed by atoms with Crippen LogP contribution in [0.25, 0.3) is 0 Å². The van der Waals surface area contributed by atoms with Crippen molar-refractivity contribution in [1.29, 1.82) is 0 Å². The second kappa shape index (κ2) is 7.07. The molecule has 1 N–H and O–H groups in total. The maximum Gasteiger partial charge on any atom is 0.255 e. The van der Waals surface area contributed by atoms with E-state index >= 15 is 0 Å². The summed E-state index contributed by atoms with van der Waals surface area (Å²) in [6.07, 6.45) is 4.84. The zero-order valence-corrected chi connectivity index (χ0v) is 16.4. The van der Waals surface area contributed by atoms with Gasteiger partial charge in [-0.2, -0.15) is 0 Å². The van der Waals surface area contributed by atoms with E-state index in [0.29, 0.717) is 37.3 Å². The lowest BCUT2D eigenvalue weighted by Crippen LogP contribution is -2.49. The molecule has 29 heavy (non-hydrogen) atoms. The fourth-order valence-electron chi connectivity index (χ4n) is 4.65. The fourth-order valence-corrected chi connectivity index (χ4v) is 4.65. The molecule has 2 aromatic rings. The van der Waals surface area contributed by atoms with Gasteiger partial charge in [0.25, 0.3) is 5.91 Å². The third-order valence-electron chi connectivity index (χ3n) is 6.21. The van der Waals surface area contributed by atoms with E-state index in [1.165, 1.54) is 24.0 Å². The summed E-state index contributed by atoms with van der Waals surface area (Å²) in [7, 11) is 0. The lowest BCUT2D eigenvalue weighted by molar-refractivity contribution is -0.126. The first-order valence-corrected chi connectivity index (χ1v) is 10.2. The molecular weight excluding hydrogens is 364 g/mol. The monoisotopic (exact) mass is 388 g/mol. The summed E-state index contributed by atoms with van der Waals surface area (Å²) in [6, 6.07) is 11.7. The Bertz CT molecular complexity index is 1030. The minimum absolute atomic E-state index is 0.101. The van der Waals surface area contributed by atoms with E-state index in [1.54, 1.807) is 4.90 Å². The minimum atomic E-state index is -0.454. The van der Waals surface area contributed by atoms with Gasteiger partial charge in [0, 0.05) is 16.8 Å². The van der Waals surface area contributed by atoms with Crippen LogP contribution < -0.4 is 10.1 Å². The zero-order valence-electron chi connectivity index (χ0n) is 16.4. The Balaban J connectivity index is 1.34. The molecular formula is C24H24N2O3. The summed E-state index contributed by atoms with van der Waals surface area (Å²) in [5, 5.41) is 2.78. The van der Waals surface area contributed by atoms with Gasteiger partial charge in [0.2, 0.25) is 5.91 Å². The van der Waals surface area contributed by atoms with Crippen LogP contribution in [0.2, 0.25) is 0 Å². The molecule has 1 saturated heterocycles. The number of rotatable bonds is 4. The van der Waals surface area contributed by atoms with Gasteiger partial charge in [-0.3, -0.25) is 9.59 Å². The molecule has 148 valence electrons. The Hall–Kier alpha value is -3.08. The van der Waals surface area contributed by atoms with Gasteiger partial charge in [0.15, 0.2) is 0 Å². The van der Waals surface area contributed by atoms with Crippen molar-refractivity contribution in [3.8, 4) is 5.75 Å². The maximum atomic E-state index is 12.9. The molecule has 1 aliphatic carbocycles. The number of aryl methyl sites for hydroxylation is 2. The Morgan fingerprint density at radius 1 is 1.10 bits per heavy atom. The van der Waals surface area contributed by atoms with E-state index in [1.807, 2.05) is 18.2 Å². The summed E-state index contributed by atoms with van der Waals surface area (Å²) in [5.41, 5.74) is 6.24. The number of allylic oxidation sites excluding steroid dienone is 1. The minimum Gasteiger partial charge on any atom is -0.489 e. The van der Waals surface area contributed by atoms with Gasteiger partial charge in [0.05, 0.1) is 6.54 Å².